The fourth-order valence-corrected chi connectivity index (χ4v) is 4.60. The van der Waals surface area contributed by atoms with Crippen LogP contribution >= 0.6 is 0 Å². The second kappa shape index (κ2) is 9.22. The van der Waals surface area contributed by atoms with Crippen molar-refractivity contribution in [1.29, 1.82) is 0 Å². The van der Waals surface area contributed by atoms with Crippen LogP contribution in [0.25, 0.3) is 22.2 Å². The number of likely N-dealkylation sites (tertiary alicyclic amines) is 1. The molecule has 36 heavy (non-hydrogen) atoms. The van der Waals surface area contributed by atoms with Gasteiger partial charge in [0.25, 0.3) is 5.91 Å². The van der Waals surface area contributed by atoms with Crippen LogP contribution in [0.4, 0.5) is 13.2 Å². The minimum absolute atomic E-state index is 0.0705. The van der Waals surface area contributed by atoms with Gasteiger partial charge >= 0.3 is 6.18 Å². The molecule has 1 atom stereocenters. The van der Waals surface area contributed by atoms with Crippen molar-refractivity contribution >= 4 is 17.0 Å². The third-order valence-corrected chi connectivity index (χ3v) is 6.34. The predicted octanol–water partition coefficient (Wildman–Crippen LogP) is 6.51. The van der Waals surface area contributed by atoms with E-state index in [1.54, 1.807) is 47.4 Å². The summed E-state index contributed by atoms with van der Waals surface area (Å²) in [6.07, 6.45) is -3.06. The lowest BCUT2D eigenvalue weighted by Crippen LogP contribution is -2.30. The molecule has 0 spiro atoms. The Kier molecular flexibility index (Phi) is 6.07. The highest BCUT2D eigenvalue weighted by molar-refractivity contribution is 5.95. The lowest BCUT2D eigenvalue weighted by molar-refractivity contribution is -0.137. The van der Waals surface area contributed by atoms with Crippen molar-refractivity contribution in [2.45, 2.75) is 25.1 Å². The number of nitrogens with zero attached hydrogens (tertiary/aromatic N) is 2. The van der Waals surface area contributed by atoms with Crippen molar-refractivity contribution in [3.8, 4) is 22.6 Å². The number of hydrogen-bond acceptors (Lipinski definition) is 5. The number of benzene rings is 3. The van der Waals surface area contributed by atoms with Gasteiger partial charge < -0.3 is 18.8 Å². The number of methoxy groups -OCH3 is 2. The fourth-order valence-electron chi connectivity index (χ4n) is 4.60. The summed E-state index contributed by atoms with van der Waals surface area (Å²) in [4.78, 5) is 19.7. The summed E-state index contributed by atoms with van der Waals surface area (Å²) in [5.74, 6) is 1.15. The Morgan fingerprint density at radius 3 is 2.44 bits per heavy atom. The lowest BCUT2D eigenvalue weighted by atomic mass is 9.99. The molecular weight excluding hydrogens is 473 g/mol. The number of carbonyl (C=O) groups is 1. The smallest absolute Gasteiger partial charge is 0.417 e. The van der Waals surface area contributed by atoms with Crippen LogP contribution in [-0.4, -0.2) is 36.6 Å². The maximum Gasteiger partial charge on any atom is 0.417 e. The summed E-state index contributed by atoms with van der Waals surface area (Å²) < 4.78 is 57.1. The number of carbonyl (C=O) groups excluding carboxylic acids is 1. The molecule has 0 aliphatic carbocycles. The second-order valence-electron chi connectivity index (χ2n) is 8.54. The summed E-state index contributed by atoms with van der Waals surface area (Å²) in [7, 11) is 3.03. The largest absolute Gasteiger partial charge is 0.497 e. The van der Waals surface area contributed by atoms with Gasteiger partial charge in [0.2, 0.25) is 5.89 Å². The Balaban J connectivity index is 1.48. The van der Waals surface area contributed by atoms with E-state index in [4.69, 9.17) is 13.9 Å². The Bertz CT molecular complexity index is 1410. The molecule has 0 bridgehead atoms. The van der Waals surface area contributed by atoms with Gasteiger partial charge in [0.05, 0.1) is 19.8 Å². The van der Waals surface area contributed by atoms with Crippen molar-refractivity contribution in [2.24, 2.45) is 0 Å². The second-order valence-corrected chi connectivity index (χ2v) is 8.54. The average Bonchev–Trinajstić information content (AvgIpc) is 3.54. The van der Waals surface area contributed by atoms with Gasteiger partial charge in [-0.2, -0.15) is 13.2 Å². The van der Waals surface area contributed by atoms with E-state index in [-0.39, 0.29) is 11.5 Å². The first kappa shape index (κ1) is 23.7. The minimum atomic E-state index is -4.48. The highest BCUT2D eigenvalue weighted by atomic mass is 19.4. The van der Waals surface area contributed by atoms with E-state index in [0.717, 1.165) is 12.5 Å². The number of alkyl halides is 3. The first-order valence-electron chi connectivity index (χ1n) is 11.4. The Hall–Kier alpha value is -4.01. The standard InChI is InChI=1S/C27H23F3N2O4/c1-34-18-12-17(13-19(15-18)35-2)26(33)32-11-5-8-23(32)25-31-22-14-16(9-10-24(22)36-25)20-6-3-4-7-21(20)27(28,29)30/h3-4,6-7,9-10,12-15,23H,5,8,11H2,1-2H3. The predicted molar refractivity (Wildman–Crippen MR) is 127 cm³/mol. The number of amides is 1. The fraction of sp³-hybridized carbons (Fsp3) is 0.259. The van der Waals surface area contributed by atoms with Crippen molar-refractivity contribution in [3.05, 3.63) is 77.7 Å². The SMILES string of the molecule is COc1cc(OC)cc(C(=O)N2CCCC2c2nc3cc(-c4ccccc4C(F)(F)F)ccc3o2)c1. The van der Waals surface area contributed by atoms with Crippen molar-refractivity contribution in [3.63, 3.8) is 0 Å². The first-order chi connectivity index (χ1) is 17.3. The van der Waals surface area contributed by atoms with E-state index >= 15 is 0 Å². The quantitative estimate of drug-likeness (QED) is 0.315. The summed E-state index contributed by atoms with van der Waals surface area (Å²) in [5, 5.41) is 0. The van der Waals surface area contributed by atoms with E-state index in [1.807, 2.05) is 0 Å². The lowest BCUT2D eigenvalue weighted by Gasteiger charge is -2.22. The van der Waals surface area contributed by atoms with Gasteiger partial charge in [-0.1, -0.05) is 24.3 Å². The number of halogens is 3. The molecule has 1 amide bonds. The van der Waals surface area contributed by atoms with Crippen LogP contribution in [0.2, 0.25) is 0 Å². The van der Waals surface area contributed by atoms with Crippen LogP contribution in [-0.2, 0) is 6.18 Å². The molecule has 9 heteroatoms. The Labute approximate surface area is 205 Å². The maximum atomic E-state index is 13.5. The molecule has 0 saturated carbocycles. The van der Waals surface area contributed by atoms with Crippen LogP contribution in [0.3, 0.4) is 0 Å². The Morgan fingerprint density at radius 1 is 1.03 bits per heavy atom. The van der Waals surface area contributed by atoms with E-state index in [1.165, 1.54) is 26.4 Å². The number of rotatable bonds is 5. The minimum Gasteiger partial charge on any atom is -0.497 e. The molecule has 3 aromatic carbocycles. The van der Waals surface area contributed by atoms with Gasteiger partial charge in [-0.05, 0) is 54.3 Å². The molecule has 1 saturated heterocycles. The van der Waals surface area contributed by atoms with Crippen LogP contribution in [0.15, 0.2) is 65.1 Å². The molecule has 0 N–H and O–H groups in total. The number of hydrogen-bond donors (Lipinski definition) is 0. The third kappa shape index (κ3) is 4.36. The molecule has 1 unspecified atom stereocenters. The zero-order valence-corrected chi connectivity index (χ0v) is 19.6. The van der Waals surface area contributed by atoms with E-state index in [0.29, 0.717) is 52.6 Å². The van der Waals surface area contributed by atoms with Crippen molar-refractivity contribution < 1.29 is 31.9 Å². The van der Waals surface area contributed by atoms with Gasteiger partial charge in [-0.15, -0.1) is 0 Å². The zero-order valence-electron chi connectivity index (χ0n) is 19.6. The highest BCUT2D eigenvalue weighted by Crippen LogP contribution is 2.39. The van der Waals surface area contributed by atoms with Gasteiger partial charge in [0, 0.05) is 18.2 Å². The number of oxazole rings is 1. The van der Waals surface area contributed by atoms with Crippen LogP contribution < -0.4 is 9.47 Å². The molecule has 1 aliphatic heterocycles. The van der Waals surface area contributed by atoms with Gasteiger partial charge in [0.15, 0.2) is 5.58 Å². The maximum absolute atomic E-state index is 13.5. The molecule has 4 aromatic rings. The number of ether oxygens (including phenoxy) is 2. The molecule has 1 fully saturated rings. The zero-order chi connectivity index (χ0) is 25.4. The summed E-state index contributed by atoms with van der Waals surface area (Å²) >= 11 is 0. The topological polar surface area (TPSA) is 64.8 Å². The van der Waals surface area contributed by atoms with Crippen LogP contribution in [0.1, 0.15) is 40.7 Å². The van der Waals surface area contributed by atoms with Gasteiger partial charge in [0.1, 0.15) is 23.1 Å². The third-order valence-electron chi connectivity index (χ3n) is 6.34. The molecular formula is C27H23F3N2O4. The molecule has 5 rings (SSSR count). The molecule has 2 heterocycles. The van der Waals surface area contributed by atoms with E-state index in [2.05, 4.69) is 4.98 Å². The van der Waals surface area contributed by atoms with Gasteiger partial charge in [-0.3, -0.25) is 4.79 Å². The molecule has 186 valence electrons. The molecule has 6 nitrogen and oxygen atoms in total. The monoisotopic (exact) mass is 496 g/mol. The van der Waals surface area contributed by atoms with Crippen LogP contribution in [0, 0.1) is 0 Å². The molecule has 1 aromatic heterocycles. The van der Waals surface area contributed by atoms with Crippen molar-refractivity contribution in [2.75, 3.05) is 20.8 Å². The van der Waals surface area contributed by atoms with Gasteiger partial charge in [-0.25, -0.2) is 4.98 Å². The Morgan fingerprint density at radius 2 is 1.75 bits per heavy atom. The average molecular weight is 496 g/mol. The highest BCUT2D eigenvalue weighted by Gasteiger charge is 2.35. The molecule has 1 aliphatic rings. The summed E-state index contributed by atoms with van der Waals surface area (Å²) in [5.41, 5.74) is 1.04. The van der Waals surface area contributed by atoms with Crippen LogP contribution in [0.5, 0.6) is 11.5 Å². The van der Waals surface area contributed by atoms with Crippen molar-refractivity contribution in [1.82, 2.24) is 9.88 Å². The summed E-state index contributed by atoms with van der Waals surface area (Å²) in [6.45, 7) is 0.520. The van der Waals surface area contributed by atoms with E-state index < -0.39 is 17.8 Å². The number of aromatic nitrogens is 1. The number of fused-ring (bicyclic) bond motifs is 1. The van der Waals surface area contributed by atoms with E-state index in [9.17, 15) is 18.0 Å². The molecule has 0 radical (unpaired) electrons. The summed E-state index contributed by atoms with van der Waals surface area (Å²) in [6, 6.07) is 14.8. The normalized spacial score (nSPS) is 15.9. The first-order valence-corrected chi connectivity index (χ1v) is 11.4.